The Morgan fingerprint density at radius 3 is 2.06 bits per heavy atom. The van der Waals surface area contributed by atoms with Crippen molar-refractivity contribution in [3.05, 3.63) is 83.4 Å². The van der Waals surface area contributed by atoms with Gasteiger partial charge in [0.25, 0.3) is 6.26 Å². The molecule has 0 aliphatic carbocycles. The van der Waals surface area contributed by atoms with E-state index in [2.05, 4.69) is 15.3 Å². The third-order valence-corrected chi connectivity index (χ3v) is 6.37. The first kappa shape index (κ1) is 38.0. The molecule has 0 radical (unpaired) electrons. The molecule has 3 aromatic rings. The van der Waals surface area contributed by atoms with Crippen LogP contribution in [0, 0.1) is 18.4 Å². The number of nitrogens with zero attached hydrogens (tertiary/aromatic N) is 3. The van der Waals surface area contributed by atoms with Gasteiger partial charge >= 0.3 is 17.9 Å². The Hall–Kier alpha value is -6.49. The van der Waals surface area contributed by atoms with Gasteiger partial charge in [0.1, 0.15) is 44.0 Å². The van der Waals surface area contributed by atoms with Gasteiger partial charge in [-0.3, -0.25) is 4.79 Å². The van der Waals surface area contributed by atoms with Gasteiger partial charge in [0.15, 0.2) is 0 Å². The lowest BCUT2D eigenvalue weighted by Crippen LogP contribution is -2.45. The number of ether oxygens (including phenoxy) is 6. The first-order valence-electron chi connectivity index (χ1n) is 14.7. The highest BCUT2D eigenvalue weighted by Crippen LogP contribution is 2.21. The molecule has 0 spiro atoms. The number of isocyanates is 2. The predicted molar refractivity (Wildman–Crippen MR) is 170 cm³/mol. The van der Waals surface area contributed by atoms with Gasteiger partial charge in [-0.1, -0.05) is 12.1 Å². The van der Waals surface area contributed by atoms with E-state index in [4.69, 9.17) is 33.7 Å². The summed E-state index contributed by atoms with van der Waals surface area (Å²) in [6.45, 7) is 0.0682. The zero-order valence-electron chi connectivity index (χ0n) is 26.6. The Morgan fingerprint density at radius 2 is 1.42 bits per heavy atom. The van der Waals surface area contributed by atoms with Gasteiger partial charge in [-0.2, -0.15) is 9.98 Å². The van der Waals surface area contributed by atoms with E-state index >= 15 is 0 Å². The number of hydrogen-bond acceptors (Lipinski definition) is 15. The van der Waals surface area contributed by atoms with E-state index in [1.54, 1.807) is 31.4 Å². The minimum atomic E-state index is -1.19. The Bertz CT molecular complexity index is 1780. The van der Waals surface area contributed by atoms with Gasteiger partial charge in [0.05, 0.1) is 30.2 Å². The van der Waals surface area contributed by atoms with Crippen LogP contribution in [0.3, 0.4) is 0 Å². The normalized spacial score (nSPS) is 10.6. The fraction of sp³-hybridized carbons (Fsp3) is 0.265. The van der Waals surface area contributed by atoms with Crippen LogP contribution in [0.5, 0.6) is 11.5 Å². The lowest BCUT2D eigenvalue weighted by atomic mass is 10.0. The third-order valence-electron chi connectivity index (χ3n) is 6.37. The fourth-order valence-corrected chi connectivity index (χ4v) is 4.02. The molecule has 1 atom stereocenters. The number of nitrogens with one attached hydrogen (secondary N) is 1. The standard InChI is InChI=1S/C34H30N4O12/c1-23-2-3-24(17-30(23)49-20-35)16-29(34(44)48-15-13-46-19-32(42)50-28-10-8-27(9-11-28)37-22-40)38-31(41)18-45-12-14-47-33(43)25-4-6-26(7-5-25)36-21-39/h2-11,17,29H,12-16,18-19H2,1H3,(H,38,41). The van der Waals surface area contributed by atoms with E-state index in [-0.39, 0.29) is 49.9 Å². The van der Waals surface area contributed by atoms with E-state index in [0.717, 1.165) is 0 Å². The van der Waals surface area contributed by atoms with Crippen molar-refractivity contribution in [2.24, 2.45) is 9.98 Å². The van der Waals surface area contributed by atoms with Crippen molar-refractivity contribution < 1.29 is 57.2 Å². The maximum Gasteiger partial charge on any atom is 0.338 e. The average molecular weight is 687 g/mol. The number of carbonyl (C=O) groups is 4. The van der Waals surface area contributed by atoms with Crippen molar-refractivity contribution >= 4 is 47.3 Å². The second kappa shape index (κ2) is 20.7. The molecule has 3 rings (SSSR count). The summed E-state index contributed by atoms with van der Waals surface area (Å²) in [5, 5.41) is 11.5. The molecule has 0 saturated heterocycles. The zero-order valence-corrected chi connectivity index (χ0v) is 26.6. The third kappa shape index (κ3) is 13.3. The van der Waals surface area contributed by atoms with Gasteiger partial charge in [0, 0.05) is 6.42 Å². The lowest BCUT2D eigenvalue weighted by Gasteiger charge is -2.18. The highest BCUT2D eigenvalue weighted by Gasteiger charge is 2.24. The molecule has 0 saturated carbocycles. The molecule has 1 N–H and O–H groups in total. The summed E-state index contributed by atoms with van der Waals surface area (Å²) in [5.74, 6) is -2.39. The summed E-state index contributed by atoms with van der Waals surface area (Å²) in [4.78, 5) is 77.4. The number of esters is 3. The molecule has 1 amide bonds. The quantitative estimate of drug-likeness (QED) is 0.0480. The first-order chi connectivity index (χ1) is 24.2. The van der Waals surface area contributed by atoms with Crippen molar-refractivity contribution in [1.29, 1.82) is 5.26 Å². The monoisotopic (exact) mass is 686 g/mol. The molecule has 258 valence electrons. The van der Waals surface area contributed by atoms with E-state index < -0.39 is 43.1 Å². The molecule has 0 heterocycles. The van der Waals surface area contributed by atoms with E-state index in [1.807, 2.05) is 0 Å². The highest BCUT2D eigenvalue weighted by molar-refractivity contribution is 5.89. The first-order valence-corrected chi connectivity index (χ1v) is 14.7. The molecule has 0 fully saturated rings. The average Bonchev–Trinajstić information content (AvgIpc) is 3.10. The Balaban J connectivity index is 1.47. The molecular weight excluding hydrogens is 656 g/mol. The van der Waals surface area contributed by atoms with Gasteiger partial charge in [-0.05, 0) is 72.6 Å². The molecule has 0 aliphatic rings. The second-order valence-electron chi connectivity index (χ2n) is 9.95. The van der Waals surface area contributed by atoms with Crippen LogP contribution in [0.25, 0.3) is 0 Å². The SMILES string of the molecule is Cc1ccc(CC(NC(=O)COCCOC(=O)c2ccc(N=C=O)cc2)C(=O)OCCOCC(=O)Oc2ccc(N=C=O)cc2)cc1OC#N. The minimum absolute atomic E-state index is 0.0364. The van der Waals surface area contributed by atoms with Gasteiger partial charge in [-0.25, -0.2) is 24.0 Å². The predicted octanol–water partition coefficient (Wildman–Crippen LogP) is 2.86. The van der Waals surface area contributed by atoms with Crippen LogP contribution in [0.2, 0.25) is 0 Å². The molecule has 3 aromatic carbocycles. The van der Waals surface area contributed by atoms with E-state index in [1.165, 1.54) is 60.7 Å². The molecule has 50 heavy (non-hydrogen) atoms. The number of aryl methyl sites for hydroxylation is 1. The van der Waals surface area contributed by atoms with Crippen LogP contribution in [0.15, 0.2) is 76.7 Å². The molecular formula is C34H30N4O12. The van der Waals surface area contributed by atoms with Crippen LogP contribution in [0.1, 0.15) is 21.5 Å². The van der Waals surface area contributed by atoms with Crippen LogP contribution in [-0.4, -0.2) is 81.7 Å². The van der Waals surface area contributed by atoms with E-state index in [0.29, 0.717) is 22.5 Å². The topological polar surface area (TPSA) is 218 Å². The van der Waals surface area contributed by atoms with Crippen molar-refractivity contribution in [3.8, 4) is 17.8 Å². The molecule has 1 unspecified atom stereocenters. The zero-order chi connectivity index (χ0) is 36.1. The van der Waals surface area contributed by atoms with Gasteiger partial charge < -0.3 is 33.7 Å². The van der Waals surface area contributed by atoms with Crippen molar-refractivity contribution in [3.63, 3.8) is 0 Å². The number of nitriles is 1. The molecule has 16 nitrogen and oxygen atoms in total. The molecule has 0 aliphatic heterocycles. The minimum Gasteiger partial charge on any atom is -0.462 e. The summed E-state index contributed by atoms with van der Waals surface area (Å²) in [7, 11) is 0. The summed E-state index contributed by atoms with van der Waals surface area (Å²) < 4.78 is 30.9. The number of rotatable bonds is 19. The number of benzene rings is 3. The van der Waals surface area contributed by atoms with Crippen LogP contribution in [0.4, 0.5) is 11.4 Å². The summed E-state index contributed by atoms with van der Waals surface area (Å²) in [5.41, 5.74) is 2.10. The number of hydrogen-bond donors (Lipinski definition) is 1. The highest BCUT2D eigenvalue weighted by atomic mass is 16.6. The molecule has 0 bridgehead atoms. The Morgan fingerprint density at radius 1 is 0.800 bits per heavy atom. The summed E-state index contributed by atoms with van der Waals surface area (Å²) in [6, 6.07) is 15.3. The van der Waals surface area contributed by atoms with Crippen LogP contribution in [-0.2, 0) is 49.3 Å². The summed E-state index contributed by atoms with van der Waals surface area (Å²) in [6.07, 6.45) is 4.35. The number of amides is 1. The van der Waals surface area contributed by atoms with Gasteiger partial charge in [0.2, 0.25) is 18.1 Å². The van der Waals surface area contributed by atoms with Crippen LogP contribution < -0.4 is 14.8 Å². The molecule has 0 aromatic heterocycles. The number of aliphatic imine (C=N–C) groups is 2. The van der Waals surface area contributed by atoms with Crippen molar-refractivity contribution in [2.45, 2.75) is 19.4 Å². The van der Waals surface area contributed by atoms with Crippen LogP contribution >= 0.6 is 0 Å². The Labute approximate surface area is 285 Å². The molecule has 16 heteroatoms. The van der Waals surface area contributed by atoms with Crippen molar-refractivity contribution in [1.82, 2.24) is 5.32 Å². The lowest BCUT2D eigenvalue weighted by molar-refractivity contribution is -0.150. The van der Waals surface area contributed by atoms with Crippen molar-refractivity contribution in [2.75, 3.05) is 39.6 Å². The Kier molecular flexibility index (Phi) is 15.7. The van der Waals surface area contributed by atoms with E-state index in [9.17, 15) is 28.8 Å². The number of carbonyl (C=O) groups excluding carboxylic acids is 6. The second-order valence-corrected chi connectivity index (χ2v) is 9.95. The maximum atomic E-state index is 13.0. The fourth-order valence-electron chi connectivity index (χ4n) is 4.02. The smallest absolute Gasteiger partial charge is 0.338 e. The largest absolute Gasteiger partial charge is 0.462 e. The van der Waals surface area contributed by atoms with Gasteiger partial charge in [-0.15, -0.1) is 5.26 Å². The maximum absolute atomic E-state index is 13.0. The summed E-state index contributed by atoms with van der Waals surface area (Å²) >= 11 is 0.